The maximum atomic E-state index is 5.54. The molecule has 0 aromatic rings. The van der Waals surface area contributed by atoms with Gasteiger partial charge in [-0.2, -0.15) is 0 Å². The average Bonchev–Trinajstić information content (AvgIpc) is 1.69. The second-order valence-corrected chi connectivity index (χ2v) is 1.99. The highest BCUT2D eigenvalue weighted by molar-refractivity contribution is 6.21. The molecular weight excluding hydrogens is 94.9 g/mol. The van der Waals surface area contributed by atoms with Crippen LogP contribution in [0.1, 0.15) is 33.6 Å². The van der Waals surface area contributed by atoms with Crippen LogP contribution in [0.3, 0.4) is 0 Å². The zero-order chi connectivity index (χ0) is 6.57. The van der Waals surface area contributed by atoms with Crippen LogP contribution in [-0.2, 0) is 0 Å². The molecule has 0 rings (SSSR count). The smallest absolute Gasteiger partial charge is 0.107 e. The Kier molecular flexibility index (Phi) is 3.67. The van der Waals surface area contributed by atoms with Crippen LogP contribution in [-0.4, -0.2) is 7.85 Å². The lowest BCUT2D eigenvalue weighted by Gasteiger charge is -2.01. The molecule has 0 nitrogen and oxygen atoms in total. The van der Waals surface area contributed by atoms with Gasteiger partial charge in [-0.25, -0.2) is 0 Å². The zero-order valence-electron chi connectivity index (χ0n) is 5.99. The fourth-order valence-electron chi connectivity index (χ4n) is 0.808. The Morgan fingerprint density at radius 1 is 1.25 bits per heavy atom. The van der Waals surface area contributed by atoms with Gasteiger partial charge in [-0.1, -0.05) is 26.3 Å². The first-order valence-electron chi connectivity index (χ1n) is 3.16. The van der Waals surface area contributed by atoms with Gasteiger partial charge in [0.05, 0.1) is 0 Å². The Labute approximate surface area is 53.4 Å². The van der Waals surface area contributed by atoms with E-state index in [4.69, 9.17) is 7.85 Å². The van der Waals surface area contributed by atoms with Crippen molar-refractivity contribution in [2.24, 2.45) is 0 Å². The van der Waals surface area contributed by atoms with Gasteiger partial charge >= 0.3 is 0 Å². The van der Waals surface area contributed by atoms with Crippen molar-refractivity contribution in [1.82, 2.24) is 0 Å². The van der Waals surface area contributed by atoms with Crippen molar-refractivity contribution in [3.8, 4) is 0 Å². The van der Waals surface area contributed by atoms with Crippen LogP contribution < -0.4 is 0 Å². The molecule has 0 aromatic carbocycles. The normalized spacial score (nSPS) is 8.88. The van der Waals surface area contributed by atoms with E-state index in [2.05, 4.69) is 13.8 Å². The molecule has 0 heterocycles. The van der Waals surface area contributed by atoms with E-state index in [-0.39, 0.29) is 0 Å². The fraction of sp³-hybridized carbons (Fsp3) is 0.714. The number of hydrogen-bond donors (Lipinski definition) is 0. The standard InChI is InChI=1S/C7H13B/c1-4-7(5-2)6(3)8/h4-5H2,1-3H3. The monoisotopic (exact) mass is 108 g/mol. The van der Waals surface area contributed by atoms with Crippen LogP contribution in [0.5, 0.6) is 0 Å². The van der Waals surface area contributed by atoms with Crippen molar-refractivity contribution in [2.45, 2.75) is 33.6 Å². The van der Waals surface area contributed by atoms with Crippen molar-refractivity contribution in [3.63, 3.8) is 0 Å². The van der Waals surface area contributed by atoms with Gasteiger partial charge in [0.2, 0.25) is 0 Å². The molecule has 0 N–H and O–H groups in total. The van der Waals surface area contributed by atoms with E-state index in [0.29, 0.717) is 0 Å². The summed E-state index contributed by atoms with van der Waals surface area (Å²) in [6, 6.07) is 0. The first-order valence-corrected chi connectivity index (χ1v) is 3.16. The van der Waals surface area contributed by atoms with Crippen molar-refractivity contribution in [2.75, 3.05) is 0 Å². The summed E-state index contributed by atoms with van der Waals surface area (Å²) < 4.78 is 0. The van der Waals surface area contributed by atoms with E-state index < -0.39 is 0 Å². The molecule has 0 aliphatic carbocycles. The Bertz CT molecular complexity index is 82.6. The number of hydrogen-bond acceptors (Lipinski definition) is 0. The maximum absolute atomic E-state index is 5.54. The molecule has 0 aliphatic heterocycles. The summed E-state index contributed by atoms with van der Waals surface area (Å²) in [5.41, 5.74) is 2.38. The van der Waals surface area contributed by atoms with Gasteiger partial charge in [0, 0.05) is 0 Å². The second-order valence-electron chi connectivity index (χ2n) is 1.99. The topological polar surface area (TPSA) is 0 Å². The van der Waals surface area contributed by atoms with Crippen LogP contribution in [0.4, 0.5) is 0 Å². The van der Waals surface area contributed by atoms with Gasteiger partial charge in [-0.05, 0) is 12.8 Å². The van der Waals surface area contributed by atoms with E-state index >= 15 is 0 Å². The third-order valence-corrected chi connectivity index (χ3v) is 1.41. The van der Waals surface area contributed by atoms with Crippen molar-refractivity contribution >= 4 is 7.85 Å². The minimum atomic E-state index is 0.995. The number of allylic oxidation sites excluding steroid dienone is 2. The molecule has 0 unspecified atom stereocenters. The SMILES string of the molecule is [B]C(C)=C(CC)CC. The Balaban J connectivity index is 3.86. The molecule has 0 amide bonds. The largest absolute Gasteiger partial charge is 0.122 e. The molecule has 0 fully saturated rings. The minimum Gasteiger partial charge on any atom is -0.122 e. The molecular formula is C7H13B. The van der Waals surface area contributed by atoms with Gasteiger partial charge in [-0.15, -0.1) is 5.47 Å². The molecule has 0 spiro atoms. The highest BCUT2D eigenvalue weighted by Crippen LogP contribution is 2.08. The number of rotatable bonds is 2. The highest BCUT2D eigenvalue weighted by Gasteiger charge is 1.89. The lowest BCUT2D eigenvalue weighted by atomic mass is 9.90. The van der Waals surface area contributed by atoms with Crippen LogP contribution in [0.15, 0.2) is 11.0 Å². The Morgan fingerprint density at radius 3 is 1.62 bits per heavy atom. The summed E-state index contributed by atoms with van der Waals surface area (Å²) in [5.74, 6) is 0. The van der Waals surface area contributed by atoms with Gasteiger partial charge in [-0.3, -0.25) is 0 Å². The summed E-state index contributed by atoms with van der Waals surface area (Å²) >= 11 is 0. The van der Waals surface area contributed by atoms with E-state index in [1.807, 2.05) is 6.92 Å². The molecule has 8 heavy (non-hydrogen) atoms. The lowest BCUT2D eigenvalue weighted by molar-refractivity contribution is 0.966. The lowest BCUT2D eigenvalue weighted by Crippen LogP contribution is -1.83. The summed E-state index contributed by atoms with van der Waals surface area (Å²) in [4.78, 5) is 0. The molecule has 0 aliphatic rings. The first kappa shape index (κ1) is 7.80. The highest BCUT2D eigenvalue weighted by atomic mass is 13.9. The van der Waals surface area contributed by atoms with Crippen LogP contribution in [0.25, 0.3) is 0 Å². The van der Waals surface area contributed by atoms with Gasteiger partial charge in [0.25, 0.3) is 0 Å². The van der Waals surface area contributed by atoms with Crippen molar-refractivity contribution in [3.05, 3.63) is 11.0 Å². The predicted octanol–water partition coefficient (Wildman–Crippen LogP) is 2.25. The van der Waals surface area contributed by atoms with E-state index in [1.54, 1.807) is 0 Å². The Morgan fingerprint density at radius 2 is 1.62 bits per heavy atom. The Hall–Kier alpha value is -0.195. The molecule has 0 saturated heterocycles. The van der Waals surface area contributed by atoms with Gasteiger partial charge in [0.1, 0.15) is 7.85 Å². The zero-order valence-corrected chi connectivity index (χ0v) is 5.99. The van der Waals surface area contributed by atoms with E-state index in [0.717, 1.165) is 18.3 Å². The van der Waals surface area contributed by atoms with Gasteiger partial charge < -0.3 is 0 Å². The molecule has 44 valence electrons. The average molecular weight is 108 g/mol. The summed E-state index contributed by atoms with van der Waals surface area (Å²) in [6.45, 7) is 6.23. The molecule has 2 radical (unpaired) electrons. The van der Waals surface area contributed by atoms with E-state index in [1.165, 1.54) is 5.57 Å². The third kappa shape index (κ3) is 2.20. The molecule has 0 aromatic heterocycles. The second kappa shape index (κ2) is 3.76. The van der Waals surface area contributed by atoms with Crippen molar-refractivity contribution < 1.29 is 0 Å². The van der Waals surface area contributed by atoms with E-state index in [9.17, 15) is 0 Å². The molecule has 1 heteroatoms. The fourth-order valence-corrected chi connectivity index (χ4v) is 0.808. The summed E-state index contributed by atoms with van der Waals surface area (Å²) in [6.07, 6.45) is 2.19. The molecule has 0 atom stereocenters. The predicted molar refractivity (Wildman–Crippen MR) is 39.0 cm³/mol. The van der Waals surface area contributed by atoms with Crippen LogP contribution in [0.2, 0.25) is 0 Å². The molecule has 0 bridgehead atoms. The first-order chi connectivity index (χ1) is 3.72. The summed E-state index contributed by atoms with van der Waals surface area (Å²) in [7, 11) is 5.54. The van der Waals surface area contributed by atoms with Crippen molar-refractivity contribution in [1.29, 1.82) is 0 Å². The minimum absolute atomic E-state index is 0.995. The maximum Gasteiger partial charge on any atom is 0.107 e. The quantitative estimate of drug-likeness (QED) is 0.476. The van der Waals surface area contributed by atoms with Crippen LogP contribution in [0, 0.1) is 0 Å². The third-order valence-electron chi connectivity index (χ3n) is 1.41. The van der Waals surface area contributed by atoms with Crippen LogP contribution >= 0.6 is 0 Å². The summed E-state index contributed by atoms with van der Waals surface area (Å²) in [5, 5.41) is 0. The molecule has 0 saturated carbocycles. The van der Waals surface area contributed by atoms with Gasteiger partial charge in [0.15, 0.2) is 0 Å².